The number of aliphatic hydroxyl groups is 2. The third kappa shape index (κ3) is 3.84. The Morgan fingerprint density at radius 2 is 1.65 bits per heavy atom. The largest absolute Gasteiger partial charge is 0.415 e. The van der Waals surface area contributed by atoms with Gasteiger partial charge in [0.05, 0.1) is 6.61 Å². The summed E-state index contributed by atoms with van der Waals surface area (Å²) in [5, 5.41) is 18.5. The maximum atomic E-state index is 12.4. The highest BCUT2D eigenvalue weighted by Gasteiger charge is 2.41. The smallest absolute Gasteiger partial charge is 0.395 e. The Morgan fingerprint density at radius 3 is 2.25 bits per heavy atom. The van der Waals surface area contributed by atoms with E-state index in [0.29, 0.717) is 13.1 Å². The summed E-state index contributed by atoms with van der Waals surface area (Å²) in [4.78, 5) is 3.91. The third-order valence-corrected chi connectivity index (χ3v) is 4.44. The second-order valence-corrected chi connectivity index (χ2v) is 5.82. The van der Waals surface area contributed by atoms with Crippen molar-refractivity contribution in [3.8, 4) is 0 Å². The molecule has 0 bridgehead atoms. The van der Waals surface area contributed by atoms with Crippen LogP contribution < -0.4 is 0 Å². The molecule has 2 heterocycles. The molecule has 7 heteroatoms. The third-order valence-electron chi connectivity index (χ3n) is 4.44. The summed E-state index contributed by atoms with van der Waals surface area (Å²) >= 11 is 0. The van der Waals surface area contributed by atoms with Crippen molar-refractivity contribution >= 4 is 0 Å². The first-order valence-corrected chi connectivity index (χ1v) is 7.25. The van der Waals surface area contributed by atoms with Gasteiger partial charge in [0.1, 0.15) is 0 Å². The Hall–Kier alpha value is -0.370. The van der Waals surface area contributed by atoms with Gasteiger partial charge in [0.2, 0.25) is 0 Å². The summed E-state index contributed by atoms with van der Waals surface area (Å²) in [6.45, 7) is 1.96. The highest BCUT2D eigenvalue weighted by atomic mass is 19.4. The number of aliphatic hydroxyl groups excluding tert-OH is 2. The molecule has 0 aromatic heterocycles. The molecule has 0 aliphatic carbocycles. The van der Waals surface area contributed by atoms with Gasteiger partial charge in [-0.15, -0.1) is 0 Å². The van der Waals surface area contributed by atoms with Crippen LogP contribution >= 0.6 is 0 Å². The van der Waals surface area contributed by atoms with E-state index in [1.165, 1.54) is 0 Å². The number of hydrogen-bond donors (Lipinski definition) is 2. The van der Waals surface area contributed by atoms with Crippen LogP contribution in [0.1, 0.15) is 25.7 Å². The molecule has 0 spiro atoms. The van der Waals surface area contributed by atoms with Gasteiger partial charge >= 0.3 is 6.18 Å². The SMILES string of the molecule is OC[C@@H]1CCCN1C[C@@H]1CCCN1C[C@@H](O)C(F)(F)F. The maximum Gasteiger partial charge on any atom is 0.415 e. The standard InChI is InChI=1S/C13H23F3N2O2/c14-13(15,16)12(20)8-18-6-1-3-10(18)7-17-5-2-4-11(17)9-19/h10-12,19-20H,1-9H2/t10-,11-,12+/m0/s1. The molecule has 20 heavy (non-hydrogen) atoms. The minimum absolute atomic E-state index is 0.0548. The van der Waals surface area contributed by atoms with Crippen LogP contribution in [-0.4, -0.2) is 77.2 Å². The molecule has 0 aromatic rings. The predicted molar refractivity (Wildman–Crippen MR) is 68.3 cm³/mol. The van der Waals surface area contributed by atoms with E-state index in [2.05, 4.69) is 4.90 Å². The van der Waals surface area contributed by atoms with Crippen LogP contribution in [0.3, 0.4) is 0 Å². The van der Waals surface area contributed by atoms with Crippen molar-refractivity contribution in [2.24, 2.45) is 0 Å². The summed E-state index contributed by atoms with van der Waals surface area (Å²) in [7, 11) is 0. The molecule has 4 nitrogen and oxygen atoms in total. The lowest BCUT2D eigenvalue weighted by atomic mass is 10.1. The van der Waals surface area contributed by atoms with Crippen molar-refractivity contribution < 1.29 is 23.4 Å². The lowest BCUT2D eigenvalue weighted by Crippen LogP contribution is -2.48. The van der Waals surface area contributed by atoms with Crippen molar-refractivity contribution in [1.82, 2.24) is 9.80 Å². The molecule has 0 amide bonds. The Kier molecular flexibility index (Phi) is 5.28. The number of nitrogens with zero attached hydrogens (tertiary/aromatic N) is 2. The zero-order chi connectivity index (χ0) is 14.8. The van der Waals surface area contributed by atoms with E-state index in [1.807, 2.05) is 0 Å². The summed E-state index contributed by atoms with van der Waals surface area (Å²) in [5.74, 6) is 0. The number of hydrogen-bond acceptors (Lipinski definition) is 4. The van der Waals surface area contributed by atoms with E-state index in [1.54, 1.807) is 4.90 Å². The summed E-state index contributed by atoms with van der Waals surface area (Å²) in [6, 6.07) is 0.198. The topological polar surface area (TPSA) is 46.9 Å². The highest BCUT2D eigenvalue weighted by Crippen LogP contribution is 2.26. The van der Waals surface area contributed by atoms with E-state index < -0.39 is 12.3 Å². The minimum atomic E-state index is -4.55. The van der Waals surface area contributed by atoms with E-state index in [9.17, 15) is 23.4 Å². The van der Waals surface area contributed by atoms with Gasteiger partial charge in [-0.05, 0) is 38.8 Å². The van der Waals surface area contributed by atoms with Crippen molar-refractivity contribution in [2.45, 2.75) is 50.0 Å². The lowest BCUT2D eigenvalue weighted by molar-refractivity contribution is -0.208. The highest BCUT2D eigenvalue weighted by molar-refractivity contribution is 4.88. The van der Waals surface area contributed by atoms with Gasteiger partial charge in [-0.1, -0.05) is 0 Å². The molecule has 2 rings (SSSR count). The first kappa shape index (κ1) is 16.0. The van der Waals surface area contributed by atoms with E-state index in [-0.39, 0.29) is 25.2 Å². The molecule has 2 aliphatic heterocycles. The quantitative estimate of drug-likeness (QED) is 0.789. The Labute approximate surface area is 117 Å². The number of likely N-dealkylation sites (tertiary alicyclic amines) is 2. The summed E-state index contributed by atoms with van der Waals surface area (Å²) in [5.41, 5.74) is 0. The molecular formula is C13H23F3N2O2. The van der Waals surface area contributed by atoms with Gasteiger partial charge in [-0.25, -0.2) is 0 Å². The van der Waals surface area contributed by atoms with E-state index >= 15 is 0 Å². The van der Waals surface area contributed by atoms with Gasteiger partial charge < -0.3 is 10.2 Å². The second kappa shape index (κ2) is 6.60. The van der Waals surface area contributed by atoms with Crippen molar-refractivity contribution in [3.63, 3.8) is 0 Å². The van der Waals surface area contributed by atoms with Crippen LogP contribution in [0.4, 0.5) is 13.2 Å². The van der Waals surface area contributed by atoms with Crippen LogP contribution in [0.5, 0.6) is 0 Å². The zero-order valence-electron chi connectivity index (χ0n) is 11.5. The molecule has 0 radical (unpaired) electrons. The van der Waals surface area contributed by atoms with Crippen LogP contribution in [0.15, 0.2) is 0 Å². The van der Waals surface area contributed by atoms with Gasteiger partial charge in [-0.3, -0.25) is 9.80 Å². The van der Waals surface area contributed by atoms with Gasteiger partial charge in [0.25, 0.3) is 0 Å². The molecule has 0 unspecified atom stereocenters. The van der Waals surface area contributed by atoms with Gasteiger partial charge in [0, 0.05) is 25.2 Å². The van der Waals surface area contributed by atoms with Crippen molar-refractivity contribution in [1.29, 1.82) is 0 Å². The molecule has 3 atom stereocenters. The molecule has 118 valence electrons. The first-order valence-electron chi connectivity index (χ1n) is 7.25. The normalized spacial score (nSPS) is 31.1. The van der Waals surface area contributed by atoms with Crippen LogP contribution in [0, 0.1) is 0 Å². The van der Waals surface area contributed by atoms with Crippen LogP contribution in [0.25, 0.3) is 0 Å². The Balaban J connectivity index is 1.87. The number of rotatable bonds is 5. The molecule has 2 saturated heterocycles. The minimum Gasteiger partial charge on any atom is -0.395 e. The van der Waals surface area contributed by atoms with Crippen molar-refractivity contribution in [2.75, 3.05) is 32.8 Å². The van der Waals surface area contributed by atoms with E-state index in [0.717, 1.165) is 32.2 Å². The molecule has 0 aromatic carbocycles. The Bertz CT molecular complexity index is 314. The average molecular weight is 296 g/mol. The van der Waals surface area contributed by atoms with Gasteiger partial charge in [0.15, 0.2) is 6.10 Å². The second-order valence-electron chi connectivity index (χ2n) is 5.82. The summed E-state index contributed by atoms with van der Waals surface area (Å²) in [6.07, 6.45) is -3.10. The molecule has 2 fully saturated rings. The average Bonchev–Trinajstić information content (AvgIpc) is 2.98. The number of β-amino-alcohol motifs (C(OH)–C–C–N with tert-alkyl or cyclic N) is 1. The monoisotopic (exact) mass is 296 g/mol. The molecule has 0 saturated carbocycles. The fourth-order valence-electron chi connectivity index (χ4n) is 3.28. The zero-order valence-corrected chi connectivity index (χ0v) is 11.5. The van der Waals surface area contributed by atoms with Crippen LogP contribution in [-0.2, 0) is 0 Å². The van der Waals surface area contributed by atoms with Crippen molar-refractivity contribution in [3.05, 3.63) is 0 Å². The van der Waals surface area contributed by atoms with Gasteiger partial charge in [-0.2, -0.15) is 13.2 Å². The summed E-state index contributed by atoms with van der Waals surface area (Å²) < 4.78 is 37.3. The maximum absolute atomic E-state index is 12.4. The fraction of sp³-hybridized carbons (Fsp3) is 1.00. The molecule has 2 N–H and O–H groups in total. The molecule has 2 aliphatic rings. The van der Waals surface area contributed by atoms with Crippen LogP contribution in [0.2, 0.25) is 0 Å². The molecular weight excluding hydrogens is 273 g/mol. The first-order chi connectivity index (χ1) is 9.41. The van der Waals surface area contributed by atoms with E-state index in [4.69, 9.17) is 0 Å². The number of halogens is 3. The fourth-order valence-corrected chi connectivity index (χ4v) is 3.28. The predicted octanol–water partition coefficient (Wildman–Crippen LogP) is 0.831. The lowest BCUT2D eigenvalue weighted by Gasteiger charge is -2.32. The Morgan fingerprint density at radius 1 is 1.05 bits per heavy atom. The number of alkyl halides is 3.